The summed E-state index contributed by atoms with van der Waals surface area (Å²) in [7, 11) is 0. The van der Waals surface area contributed by atoms with Crippen LogP contribution in [-0.4, -0.2) is 35.4 Å². The van der Waals surface area contributed by atoms with Crippen LogP contribution in [0.3, 0.4) is 0 Å². The lowest BCUT2D eigenvalue weighted by Crippen LogP contribution is -2.53. The highest BCUT2D eigenvalue weighted by atomic mass is 19.1. The Kier molecular flexibility index (Phi) is 8.79. The fourth-order valence-corrected chi connectivity index (χ4v) is 3.68. The molecule has 0 bridgehead atoms. The Balaban J connectivity index is 1.92. The maximum Gasteiger partial charge on any atom is 0.261 e. The number of nitrogens with zero attached hydrogens (tertiary/aromatic N) is 1. The van der Waals surface area contributed by atoms with Crippen LogP contribution < -0.4 is 10.1 Å². The Morgan fingerprint density at radius 2 is 1.68 bits per heavy atom. The molecule has 3 rings (SSSR count). The minimum Gasteiger partial charge on any atom is -0.484 e. The summed E-state index contributed by atoms with van der Waals surface area (Å²) in [5.41, 5.74) is 2.24. The lowest BCUT2D eigenvalue weighted by Gasteiger charge is -2.32. The molecule has 0 spiro atoms. The Bertz CT molecular complexity index is 1100. The van der Waals surface area contributed by atoms with Crippen molar-refractivity contribution >= 4 is 11.8 Å². The number of hydrogen-bond donors (Lipinski definition) is 1. The highest BCUT2D eigenvalue weighted by Crippen LogP contribution is 2.18. The van der Waals surface area contributed by atoms with Gasteiger partial charge in [-0.2, -0.15) is 0 Å². The van der Waals surface area contributed by atoms with Gasteiger partial charge >= 0.3 is 0 Å². The lowest BCUT2D eigenvalue weighted by molar-refractivity contribution is -0.143. The van der Waals surface area contributed by atoms with Crippen molar-refractivity contribution in [2.45, 2.75) is 45.8 Å². The van der Waals surface area contributed by atoms with Gasteiger partial charge in [0.25, 0.3) is 5.91 Å². The first-order chi connectivity index (χ1) is 16.3. The van der Waals surface area contributed by atoms with Crippen molar-refractivity contribution in [1.82, 2.24) is 10.2 Å². The van der Waals surface area contributed by atoms with Gasteiger partial charge in [0.15, 0.2) is 6.61 Å². The van der Waals surface area contributed by atoms with E-state index in [9.17, 15) is 14.0 Å². The number of ether oxygens (including phenoxy) is 1. The maximum atomic E-state index is 14.5. The van der Waals surface area contributed by atoms with Crippen molar-refractivity contribution in [3.8, 4) is 5.75 Å². The van der Waals surface area contributed by atoms with Gasteiger partial charge in [0.1, 0.15) is 17.6 Å². The van der Waals surface area contributed by atoms with Crippen LogP contribution in [0.1, 0.15) is 30.5 Å². The summed E-state index contributed by atoms with van der Waals surface area (Å²) in [6.45, 7) is 5.35. The van der Waals surface area contributed by atoms with Crippen molar-refractivity contribution in [2.75, 3.05) is 6.61 Å². The summed E-state index contributed by atoms with van der Waals surface area (Å²) in [4.78, 5) is 28.1. The lowest BCUT2D eigenvalue weighted by atomic mass is 10.0. The van der Waals surface area contributed by atoms with Crippen LogP contribution in [0.4, 0.5) is 4.39 Å². The molecule has 0 radical (unpaired) electrons. The topological polar surface area (TPSA) is 58.6 Å². The second-order valence-corrected chi connectivity index (χ2v) is 8.59. The van der Waals surface area contributed by atoms with Crippen molar-refractivity contribution in [2.24, 2.45) is 0 Å². The molecule has 0 aliphatic carbocycles. The van der Waals surface area contributed by atoms with Gasteiger partial charge < -0.3 is 15.0 Å². The molecule has 0 aliphatic heterocycles. The minimum atomic E-state index is -0.835. The van der Waals surface area contributed by atoms with E-state index in [-0.39, 0.29) is 25.1 Å². The molecule has 1 N–H and O–H groups in total. The van der Waals surface area contributed by atoms with E-state index < -0.39 is 17.8 Å². The molecule has 3 aromatic carbocycles. The van der Waals surface area contributed by atoms with Crippen molar-refractivity contribution in [3.05, 3.63) is 101 Å². The minimum absolute atomic E-state index is 0.0499. The first-order valence-corrected chi connectivity index (χ1v) is 11.4. The van der Waals surface area contributed by atoms with Crippen molar-refractivity contribution < 1.29 is 18.7 Å². The Morgan fingerprint density at radius 1 is 0.971 bits per heavy atom. The zero-order valence-electron chi connectivity index (χ0n) is 19.8. The third-order valence-electron chi connectivity index (χ3n) is 5.35. The monoisotopic (exact) mass is 462 g/mol. The number of halogens is 1. The fourth-order valence-electron chi connectivity index (χ4n) is 3.68. The van der Waals surface area contributed by atoms with E-state index in [0.29, 0.717) is 17.7 Å². The van der Waals surface area contributed by atoms with Gasteiger partial charge in [-0.1, -0.05) is 60.7 Å². The average Bonchev–Trinajstić information content (AvgIpc) is 2.81. The Hall–Kier alpha value is -3.67. The number of carbonyl (C=O) groups excluding carboxylic acids is 2. The van der Waals surface area contributed by atoms with Gasteiger partial charge in [-0.15, -0.1) is 0 Å². The first-order valence-electron chi connectivity index (χ1n) is 11.4. The van der Waals surface area contributed by atoms with Crippen LogP contribution >= 0.6 is 0 Å². The number of rotatable bonds is 10. The second-order valence-electron chi connectivity index (χ2n) is 8.59. The standard InChI is InChI=1S/C28H31FN2O3/c1-20(2)30-28(33)26(17-22-11-5-4-6-12-22)31(18-23-13-7-8-15-25(23)29)27(32)19-34-24-14-9-10-21(3)16-24/h4-16,20,26H,17-19H2,1-3H3,(H,30,33). The van der Waals surface area contributed by atoms with E-state index in [2.05, 4.69) is 5.32 Å². The molecule has 34 heavy (non-hydrogen) atoms. The van der Waals surface area contributed by atoms with Gasteiger partial charge in [-0.25, -0.2) is 4.39 Å². The molecule has 0 aliphatic rings. The smallest absolute Gasteiger partial charge is 0.261 e. The van der Waals surface area contributed by atoms with Crippen molar-refractivity contribution in [1.29, 1.82) is 0 Å². The van der Waals surface area contributed by atoms with Gasteiger partial charge in [-0.05, 0) is 50.1 Å². The Morgan fingerprint density at radius 3 is 2.35 bits per heavy atom. The number of amides is 2. The summed E-state index contributed by atoms with van der Waals surface area (Å²) in [5.74, 6) is -0.559. The summed E-state index contributed by atoms with van der Waals surface area (Å²) >= 11 is 0. The quantitative estimate of drug-likeness (QED) is 0.476. The zero-order chi connectivity index (χ0) is 24.5. The van der Waals surface area contributed by atoms with Crippen molar-refractivity contribution in [3.63, 3.8) is 0 Å². The van der Waals surface area contributed by atoms with Gasteiger partial charge in [0.05, 0.1) is 0 Å². The largest absolute Gasteiger partial charge is 0.484 e. The van der Waals surface area contributed by atoms with Crippen LogP contribution in [0.2, 0.25) is 0 Å². The predicted octanol–water partition coefficient (Wildman–Crippen LogP) is 4.68. The molecule has 1 atom stereocenters. The third kappa shape index (κ3) is 7.17. The highest BCUT2D eigenvalue weighted by Gasteiger charge is 2.31. The molecule has 0 saturated heterocycles. The molecule has 5 nitrogen and oxygen atoms in total. The normalized spacial score (nSPS) is 11.7. The van der Waals surface area contributed by atoms with Gasteiger partial charge in [0, 0.05) is 24.6 Å². The number of carbonyl (C=O) groups is 2. The molecular weight excluding hydrogens is 431 g/mol. The van der Waals surface area contributed by atoms with E-state index in [4.69, 9.17) is 4.74 Å². The SMILES string of the molecule is Cc1cccc(OCC(=O)N(Cc2ccccc2F)C(Cc2ccccc2)C(=O)NC(C)C)c1. The molecule has 3 aromatic rings. The zero-order valence-corrected chi connectivity index (χ0v) is 19.8. The number of aryl methyl sites for hydroxylation is 1. The third-order valence-corrected chi connectivity index (χ3v) is 5.35. The van der Waals surface area contributed by atoms with Gasteiger partial charge in [-0.3, -0.25) is 9.59 Å². The molecule has 1 unspecified atom stereocenters. The van der Waals surface area contributed by atoms with Crippen LogP contribution in [0, 0.1) is 12.7 Å². The molecule has 0 saturated carbocycles. The number of benzene rings is 3. The summed E-state index contributed by atoms with van der Waals surface area (Å²) < 4.78 is 20.3. The molecular formula is C28H31FN2O3. The summed E-state index contributed by atoms with van der Waals surface area (Å²) in [6, 6.07) is 22.2. The van der Waals surface area contributed by atoms with Crippen LogP contribution in [0.25, 0.3) is 0 Å². The van der Waals surface area contributed by atoms with E-state index in [1.165, 1.54) is 11.0 Å². The fraction of sp³-hybridized carbons (Fsp3) is 0.286. The molecule has 0 aromatic heterocycles. The van der Waals surface area contributed by atoms with E-state index in [0.717, 1.165) is 11.1 Å². The van der Waals surface area contributed by atoms with Gasteiger partial charge in [0.2, 0.25) is 5.91 Å². The summed E-state index contributed by atoms with van der Waals surface area (Å²) in [5, 5.41) is 2.91. The molecule has 6 heteroatoms. The molecule has 0 heterocycles. The Labute approximate surface area is 200 Å². The van der Waals surface area contributed by atoms with E-state index >= 15 is 0 Å². The number of nitrogens with one attached hydrogen (secondary N) is 1. The molecule has 0 fully saturated rings. The molecule has 2 amide bonds. The second kappa shape index (κ2) is 12.0. The van der Waals surface area contributed by atoms with Crippen LogP contribution in [0.5, 0.6) is 5.75 Å². The van der Waals surface area contributed by atoms with E-state index in [1.807, 2.05) is 69.3 Å². The summed E-state index contributed by atoms with van der Waals surface area (Å²) in [6.07, 6.45) is 0.296. The maximum absolute atomic E-state index is 14.5. The van der Waals surface area contributed by atoms with E-state index in [1.54, 1.807) is 24.3 Å². The highest BCUT2D eigenvalue weighted by molar-refractivity contribution is 5.88. The average molecular weight is 463 g/mol. The van der Waals surface area contributed by atoms with Crippen LogP contribution in [0.15, 0.2) is 78.9 Å². The number of hydrogen-bond acceptors (Lipinski definition) is 3. The first kappa shape index (κ1) is 25.0. The predicted molar refractivity (Wildman–Crippen MR) is 131 cm³/mol. The molecule has 178 valence electrons. The van der Waals surface area contributed by atoms with Crippen LogP contribution in [-0.2, 0) is 22.6 Å².